The first kappa shape index (κ1) is 54.8. The van der Waals surface area contributed by atoms with Crippen molar-refractivity contribution in [1.29, 1.82) is 0 Å². The molecule has 0 atom stereocenters. The van der Waals surface area contributed by atoms with Crippen LogP contribution in [0.15, 0.2) is 340 Å². The zero-order valence-corrected chi connectivity index (χ0v) is 51.4. The fourth-order valence-electron chi connectivity index (χ4n) is 13.7. The summed E-state index contributed by atoms with van der Waals surface area (Å²) >= 11 is 0. The van der Waals surface area contributed by atoms with Crippen molar-refractivity contribution in [2.45, 2.75) is 0 Å². The second-order valence-corrected chi connectivity index (χ2v) is 27.2. The van der Waals surface area contributed by atoms with Gasteiger partial charge < -0.3 is 4.57 Å². The molecule has 0 spiro atoms. The molecule has 4 heterocycles. The first-order chi connectivity index (χ1) is 46.1. The Hall–Kier alpha value is -12.3. The Morgan fingerprint density at radius 1 is 0.215 bits per heavy atom. The van der Waals surface area contributed by atoms with Crippen molar-refractivity contribution in [2.24, 2.45) is 0 Å². The molecule has 4 aromatic heterocycles. The number of para-hydroxylation sites is 2. The molecule has 0 saturated carbocycles. The Balaban J connectivity index is 0.751. The highest BCUT2D eigenvalue weighted by atomic mass is 28.3. The largest absolute Gasteiger partial charge is 0.309 e. The van der Waals surface area contributed by atoms with E-state index < -0.39 is 8.07 Å². The summed E-state index contributed by atoms with van der Waals surface area (Å²) in [6, 6.07) is 121. The number of hydrogen-bond donors (Lipinski definition) is 0. The van der Waals surface area contributed by atoms with Gasteiger partial charge in [-0.25, -0.2) is 19.9 Å². The van der Waals surface area contributed by atoms with Crippen molar-refractivity contribution < 1.29 is 0 Å². The first-order valence-corrected chi connectivity index (χ1v) is 33.3. The Morgan fingerprint density at radius 2 is 0.591 bits per heavy atom. The molecule has 93 heavy (non-hydrogen) atoms. The monoisotopic (exact) mass is 1200 g/mol. The van der Waals surface area contributed by atoms with Gasteiger partial charge in [0, 0.05) is 55.0 Å². The second kappa shape index (κ2) is 23.3. The zero-order valence-electron chi connectivity index (χ0n) is 50.4. The zero-order chi connectivity index (χ0) is 61.7. The van der Waals surface area contributed by atoms with E-state index in [0.29, 0.717) is 35.1 Å². The summed E-state index contributed by atoms with van der Waals surface area (Å²) in [5.41, 5.74) is 14.2. The third-order valence-corrected chi connectivity index (χ3v) is 22.8. The molecule has 0 saturated heterocycles. The summed E-state index contributed by atoms with van der Waals surface area (Å²) in [6.45, 7) is 0. The first-order valence-electron chi connectivity index (χ1n) is 31.3. The molecular formula is C84H56N8Si. The van der Waals surface area contributed by atoms with Crippen molar-refractivity contribution in [2.75, 3.05) is 0 Å². The predicted octanol–water partition coefficient (Wildman–Crippen LogP) is 17.3. The van der Waals surface area contributed by atoms with E-state index >= 15 is 0 Å². The molecule has 9 heteroatoms. The number of rotatable bonds is 13. The van der Waals surface area contributed by atoms with Crippen molar-refractivity contribution in [3.8, 4) is 90.8 Å². The van der Waals surface area contributed by atoms with Crippen LogP contribution in [0, 0.1) is 0 Å². The van der Waals surface area contributed by atoms with Gasteiger partial charge in [-0.05, 0) is 104 Å². The Morgan fingerprint density at radius 3 is 1.14 bits per heavy atom. The van der Waals surface area contributed by atoms with Crippen LogP contribution in [0.3, 0.4) is 0 Å². The van der Waals surface area contributed by atoms with Crippen LogP contribution in [0.5, 0.6) is 0 Å². The Bertz CT molecular complexity index is 5430. The number of fused-ring (bicyclic) bond motifs is 6. The number of nitrogens with zero attached hydrogens (tertiary/aromatic N) is 8. The molecule has 0 radical (unpaired) electrons. The van der Waals surface area contributed by atoms with E-state index in [4.69, 9.17) is 29.9 Å². The number of benzene rings is 13. The lowest BCUT2D eigenvalue weighted by atomic mass is 9.98. The van der Waals surface area contributed by atoms with E-state index in [-0.39, 0.29) is 0 Å². The molecular weight excluding hydrogens is 1150 g/mol. The average molecular weight is 1210 g/mol. The molecule has 0 amide bonds. The lowest BCUT2D eigenvalue weighted by Crippen LogP contribution is -2.74. The van der Waals surface area contributed by atoms with E-state index in [1.54, 1.807) is 0 Å². The highest BCUT2D eigenvalue weighted by molar-refractivity contribution is 7.19. The fraction of sp³-hybridized carbons (Fsp3) is 0. The molecule has 8 nitrogen and oxygen atoms in total. The summed E-state index contributed by atoms with van der Waals surface area (Å²) in [7, 11) is -2.70. The summed E-state index contributed by atoms with van der Waals surface area (Å²) in [5.74, 6) is 3.56. The molecule has 0 bridgehead atoms. The lowest BCUT2D eigenvalue weighted by molar-refractivity contribution is 0.953. The van der Waals surface area contributed by atoms with Crippen LogP contribution < -0.4 is 20.7 Å². The molecule has 0 aliphatic carbocycles. The maximum absolute atomic E-state index is 5.45. The second-order valence-electron chi connectivity index (χ2n) is 23.4. The van der Waals surface area contributed by atoms with Crippen molar-refractivity contribution in [1.82, 2.24) is 39.0 Å². The Kier molecular flexibility index (Phi) is 13.7. The molecule has 17 rings (SSSR count). The van der Waals surface area contributed by atoms with E-state index in [9.17, 15) is 0 Å². The summed E-state index contributed by atoms with van der Waals surface area (Å²) < 4.78 is 4.56. The van der Waals surface area contributed by atoms with E-state index in [1.165, 1.54) is 20.7 Å². The molecule has 0 fully saturated rings. The van der Waals surface area contributed by atoms with Gasteiger partial charge in [-0.1, -0.05) is 279 Å². The van der Waals surface area contributed by atoms with Gasteiger partial charge in [0.1, 0.15) is 0 Å². The van der Waals surface area contributed by atoms with Gasteiger partial charge >= 0.3 is 0 Å². The fourth-order valence-corrected chi connectivity index (χ4v) is 18.5. The van der Waals surface area contributed by atoms with Gasteiger partial charge in [-0.3, -0.25) is 4.57 Å². The predicted molar refractivity (Wildman–Crippen MR) is 384 cm³/mol. The maximum atomic E-state index is 5.45. The smallest absolute Gasteiger partial charge is 0.238 e. The van der Waals surface area contributed by atoms with Gasteiger partial charge in [-0.15, -0.1) is 0 Å². The normalized spacial score (nSPS) is 11.7. The van der Waals surface area contributed by atoms with Crippen LogP contribution in [-0.2, 0) is 0 Å². The summed E-state index contributed by atoms with van der Waals surface area (Å²) in [5, 5.41) is 9.89. The Labute approximate surface area is 538 Å². The van der Waals surface area contributed by atoms with Gasteiger partial charge in [0.2, 0.25) is 5.95 Å². The van der Waals surface area contributed by atoms with E-state index in [2.05, 4.69) is 270 Å². The maximum Gasteiger partial charge on any atom is 0.238 e. The third-order valence-electron chi connectivity index (χ3n) is 18.0. The van der Waals surface area contributed by atoms with Gasteiger partial charge in [-0.2, -0.15) is 9.97 Å². The highest BCUT2D eigenvalue weighted by Gasteiger charge is 2.41. The minimum absolute atomic E-state index is 0.538. The average Bonchev–Trinajstić information content (AvgIpc) is 1.73. The quantitative estimate of drug-likeness (QED) is 0.0844. The van der Waals surface area contributed by atoms with Crippen molar-refractivity contribution in [3.63, 3.8) is 0 Å². The third kappa shape index (κ3) is 9.70. The van der Waals surface area contributed by atoms with E-state index in [1.807, 2.05) is 78.9 Å². The number of hydrogen-bond acceptors (Lipinski definition) is 6. The molecule has 13 aromatic carbocycles. The van der Waals surface area contributed by atoms with Gasteiger partial charge in [0.05, 0.1) is 22.1 Å². The van der Waals surface area contributed by atoms with Crippen LogP contribution in [0.2, 0.25) is 0 Å². The van der Waals surface area contributed by atoms with E-state index in [0.717, 1.165) is 99.4 Å². The van der Waals surface area contributed by atoms with Crippen LogP contribution in [-0.4, -0.2) is 47.1 Å². The summed E-state index contributed by atoms with van der Waals surface area (Å²) in [4.78, 5) is 31.1. The molecule has 17 aromatic rings. The molecule has 0 aliphatic heterocycles. The van der Waals surface area contributed by atoms with Gasteiger partial charge in [0.25, 0.3) is 0 Å². The van der Waals surface area contributed by atoms with Crippen LogP contribution in [0.1, 0.15) is 0 Å². The molecule has 436 valence electrons. The molecule has 0 unspecified atom stereocenters. The summed E-state index contributed by atoms with van der Waals surface area (Å²) in [6.07, 6.45) is 0. The molecule has 0 aliphatic rings. The minimum atomic E-state index is -2.70. The van der Waals surface area contributed by atoms with Crippen molar-refractivity contribution >= 4 is 72.4 Å². The van der Waals surface area contributed by atoms with Gasteiger partial charge in [0.15, 0.2) is 37.2 Å². The SMILES string of the molecule is c1ccc(-c2nc(-c3ccccc3)nc(-c3ccc(-n4c5ccccc5c5c(-c6cccc(-c7nc(-c8ccccc8)nc(-n8c9ccccc9c9cc(-c%10ccc([Si](c%11ccccc%11)(c%11ccccc%11)c%11ccccc%11)cc%10)ccc98)n7)c6)cccc54)cc3)n2)cc1. The number of aromatic nitrogens is 8. The lowest BCUT2D eigenvalue weighted by Gasteiger charge is -2.34. The minimum Gasteiger partial charge on any atom is -0.309 e. The van der Waals surface area contributed by atoms with Crippen LogP contribution in [0.4, 0.5) is 0 Å². The van der Waals surface area contributed by atoms with Crippen LogP contribution >= 0.6 is 0 Å². The topological polar surface area (TPSA) is 87.2 Å². The van der Waals surface area contributed by atoms with Crippen LogP contribution in [0.25, 0.3) is 134 Å². The standard InChI is InChI=1S/C84H56N8Si/c1-7-25-58(26-8-1)79-85-80(59-27-9-2-10-28-59)87-81(86-79)61-45-50-65(51-46-61)91-75-43-22-20-40-72(75)78-70(41-24-44-77(78)91)63-31-23-32-64(55-63)83-88-82(60-29-11-3-12-30-60)89-84(90-83)92-74-42-21-19-39-71(74)73-56-62(49-54-76(73)92)57-47-52-69(53-48-57)93(66-33-13-4-14-34-66,67-35-15-5-16-36-67)68-37-17-6-18-38-68/h1-56H. The molecule has 0 N–H and O–H groups in total. The van der Waals surface area contributed by atoms with Crippen molar-refractivity contribution in [3.05, 3.63) is 340 Å². The highest BCUT2D eigenvalue weighted by Crippen LogP contribution is 2.41.